The van der Waals surface area contributed by atoms with Crippen LogP contribution in [0.3, 0.4) is 0 Å². The summed E-state index contributed by atoms with van der Waals surface area (Å²) in [5.41, 5.74) is 1.39. The monoisotopic (exact) mass is 293 g/mol. The first-order valence-corrected chi connectivity index (χ1v) is 6.41. The highest BCUT2D eigenvalue weighted by molar-refractivity contribution is 5.74. The van der Waals surface area contributed by atoms with Gasteiger partial charge in [0.25, 0.3) is 0 Å². The fraction of sp³-hybridized carbons (Fsp3) is 0.267. The first kappa shape index (κ1) is 15.0. The van der Waals surface area contributed by atoms with Crippen LogP contribution in [0.4, 0.5) is 20.2 Å². The largest absolute Gasteiger partial charge is 0.479 e. The number of methoxy groups -OCH3 is 1. The van der Waals surface area contributed by atoms with Crippen LogP contribution in [0.15, 0.2) is 30.5 Å². The third-order valence-corrected chi connectivity index (χ3v) is 3.07. The second-order valence-electron chi connectivity index (χ2n) is 4.66. The number of rotatable bonds is 5. The van der Waals surface area contributed by atoms with E-state index < -0.39 is 11.6 Å². The molecule has 6 heteroatoms. The van der Waals surface area contributed by atoms with E-state index in [1.165, 1.54) is 25.3 Å². The molecule has 2 rings (SSSR count). The highest BCUT2D eigenvalue weighted by atomic mass is 19.1. The molecule has 1 heterocycles. The van der Waals surface area contributed by atoms with E-state index in [1.807, 2.05) is 19.0 Å². The summed E-state index contributed by atoms with van der Waals surface area (Å²) in [6.07, 6.45) is 1.61. The highest BCUT2D eigenvalue weighted by Crippen LogP contribution is 2.32. The van der Waals surface area contributed by atoms with Crippen LogP contribution in [0.2, 0.25) is 0 Å². The maximum Gasteiger partial charge on any atom is 0.239 e. The lowest BCUT2D eigenvalue weighted by Gasteiger charge is -2.20. The van der Waals surface area contributed by atoms with Gasteiger partial charge in [0.15, 0.2) is 0 Å². The summed E-state index contributed by atoms with van der Waals surface area (Å²) in [6, 6.07) is 5.59. The van der Waals surface area contributed by atoms with Crippen LogP contribution >= 0.6 is 0 Å². The molecule has 4 nitrogen and oxygen atoms in total. The van der Waals surface area contributed by atoms with Gasteiger partial charge in [0.2, 0.25) is 5.88 Å². The number of anilines is 2. The molecule has 1 N–H and O–H groups in total. The summed E-state index contributed by atoms with van der Waals surface area (Å²) in [6.45, 7) is 0.00139. The minimum absolute atomic E-state index is 0.00139. The fourth-order valence-electron chi connectivity index (χ4n) is 2.00. The zero-order chi connectivity index (χ0) is 15.4. The van der Waals surface area contributed by atoms with Gasteiger partial charge in [0.05, 0.1) is 12.8 Å². The van der Waals surface area contributed by atoms with Gasteiger partial charge in [-0.2, -0.15) is 0 Å². The number of pyridine rings is 1. The van der Waals surface area contributed by atoms with Gasteiger partial charge in [-0.25, -0.2) is 13.8 Å². The molecule has 1 aromatic heterocycles. The summed E-state index contributed by atoms with van der Waals surface area (Å²) in [4.78, 5) is 5.96. The second kappa shape index (κ2) is 6.39. The number of halogens is 2. The summed E-state index contributed by atoms with van der Waals surface area (Å²) < 4.78 is 32.5. The Kier molecular flexibility index (Phi) is 4.57. The zero-order valence-electron chi connectivity index (χ0n) is 12.2. The van der Waals surface area contributed by atoms with E-state index >= 15 is 0 Å². The van der Waals surface area contributed by atoms with Crippen LogP contribution < -0.4 is 15.0 Å². The molecule has 0 unspecified atom stereocenters. The molecule has 21 heavy (non-hydrogen) atoms. The van der Waals surface area contributed by atoms with Crippen molar-refractivity contribution in [1.82, 2.24) is 4.98 Å². The van der Waals surface area contributed by atoms with Crippen LogP contribution in [-0.4, -0.2) is 26.2 Å². The summed E-state index contributed by atoms with van der Waals surface area (Å²) >= 11 is 0. The Bertz CT molecular complexity index is 612. The molecule has 2 aromatic rings. The van der Waals surface area contributed by atoms with Crippen molar-refractivity contribution in [3.05, 3.63) is 47.7 Å². The molecule has 0 atom stereocenters. The van der Waals surface area contributed by atoms with Crippen LogP contribution in [0, 0.1) is 11.6 Å². The number of nitrogens with one attached hydrogen (secondary N) is 1. The lowest BCUT2D eigenvalue weighted by Crippen LogP contribution is -2.14. The standard InChI is InChI=1S/C15H17F2N3O/c1-20(2)13-7-8-18-15(21-3)14(13)19-9-10-11(16)5-4-6-12(10)17/h4-8,19H,9H2,1-3H3. The SMILES string of the molecule is COc1nccc(N(C)C)c1NCc1c(F)cccc1F. The molecule has 112 valence electrons. The zero-order valence-corrected chi connectivity index (χ0v) is 12.2. The van der Waals surface area contributed by atoms with E-state index in [9.17, 15) is 8.78 Å². The van der Waals surface area contributed by atoms with Crippen molar-refractivity contribution < 1.29 is 13.5 Å². The van der Waals surface area contributed by atoms with Gasteiger partial charge in [-0.1, -0.05) is 6.07 Å². The average Bonchev–Trinajstić information content (AvgIpc) is 2.46. The van der Waals surface area contributed by atoms with Crippen LogP contribution in [0.25, 0.3) is 0 Å². The predicted octanol–water partition coefficient (Wildman–Crippen LogP) is 3.05. The van der Waals surface area contributed by atoms with E-state index in [4.69, 9.17) is 4.74 Å². The van der Waals surface area contributed by atoms with Gasteiger partial charge >= 0.3 is 0 Å². The van der Waals surface area contributed by atoms with Gasteiger partial charge < -0.3 is 15.0 Å². The van der Waals surface area contributed by atoms with E-state index in [-0.39, 0.29) is 12.1 Å². The molecule has 0 radical (unpaired) electrons. The Balaban J connectivity index is 2.31. The highest BCUT2D eigenvalue weighted by Gasteiger charge is 2.14. The quantitative estimate of drug-likeness (QED) is 0.919. The third kappa shape index (κ3) is 3.21. The lowest BCUT2D eigenvalue weighted by atomic mass is 10.2. The first-order valence-electron chi connectivity index (χ1n) is 6.41. The van der Waals surface area contributed by atoms with E-state index in [0.29, 0.717) is 11.6 Å². The lowest BCUT2D eigenvalue weighted by molar-refractivity contribution is 0.399. The Morgan fingerprint density at radius 2 is 1.86 bits per heavy atom. The molecule has 0 saturated heterocycles. The number of hydrogen-bond donors (Lipinski definition) is 1. The molecule has 1 aromatic carbocycles. The van der Waals surface area contributed by atoms with Gasteiger partial charge in [-0.15, -0.1) is 0 Å². The molecular weight excluding hydrogens is 276 g/mol. The molecule has 0 spiro atoms. The Hall–Kier alpha value is -2.37. The van der Waals surface area contributed by atoms with Crippen molar-refractivity contribution in [2.75, 3.05) is 31.4 Å². The van der Waals surface area contributed by atoms with E-state index in [1.54, 1.807) is 12.3 Å². The average molecular weight is 293 g/mol. The fourth-order valence-corrected chi connectivity index (χ4v) is 2.00. The van der Waals surface area contributed by atoms with Gasteiger partial charge in [-0.3, -0.25) is 0 Å². The molecule has 0 aliphatic heterocycles. The molecule has 0 bridgehead atoms. The summed E-state index contributed by atoms with van der Waals surface area (Å²) in [5, 5.41) is 3.00. The Morgan fingerprint density at radius 1 is 1.19 bits per heavy atom. The molecule has 0 aliphatic carbocycles. The minimum Gasteiger partial charge on any atom is -0.479 e. The van der Waals surface area contributed by atoms with Crippen LogP contribution in [0.5, 0.6) is 5.88 Å². The molecule has 0 amide bonds. The number of aromatic nitrogens is 1. The number of hydrogen-bond acceptors (Lipinski definition) is 4. The van der Waals surface area contributed by atoms with E-state index in [2.05, 4.69) is 10.3 Å². The van der Waals surface area contributed by atoms with Crippen LogP contribution in [0.1, 0.15) is 5.56 Å². The summed E-state index contributed by atoms with van der Waals surface area (Å²) in [7, 11) is 5.23. The maximum atomic E-state index is 13.7. The van der Waals surface area contributed by atoms with Gasteiger partial charge in [-0.05, 0) is 18.2 Å². The van der Waals surface area contributed by atoms with Crippen molar-refractivity contribution in [2.45, 2.75) is 6.54 Å². The first-order chi connectivity index (χ1) is 10.0. The van der Waals surface area contributed by atoms with Crippen molar-refractivity contribution in [2.24, 2.45) is 0 Å². The van der Waals surface area contributed by atoms with Gasteiger partial charge in [0.1, 0.15) is 17.3 Å². The van der Waals surface area contributed by atoms with Crippen molar-refractivity contribution in [3.8, 4) is 5.88 Å². The topological polar surface area (TPSA) is 37.4 Å². The second-order valence-corrected chi connectivity index (χ2v) is 4.66. The minimum atomic E-state index is -0.586. The third-order valence-electron chi connectivity index (χ3n) is 3.07. The number of nitrogens with zero attached hydrogens (tertiary/aromatic N) is 2. The molecule has 0 aliphatic rings. The number of benzene rings is 1. The maximum absolute atomic E-state index is 13.7. The summed E-state index contributed by atoms with van der Waals surface area (Å²) in [5.74, 6) is -0.800. The normalized spacial score (nSPS) is 10.3. The predicted molar refractivity (Wildman–Crippen MR) is 78.8 cm³/mol. The number of ether oxygens (including phenoxy) is 1. The Morgan fingerprint density at radius 3 is 2.43 bits per heavy atom. The van der Waals surface area contributed by atoms with Gasteiger partial charge in [0, 0.05) is 32.4 Å². The Labute approximate surface area is 122 Å². The van der Waals surface area contributed by atoms with Crippen molar-refractivity contribution in [1.29, 1.82) is 0 Å². The molecular formula is C15H17F2N3O. The smallest absolute Gasteiger partial charge is 0.239 e. The van der Waals surface area contributed by atoms with Crippen molar-refractivity contribution in [3.63, 3.8) is 0 Å². The van der Waals surface area contributed by atoms with E-state index in [0.717, 1.165) is 5.69 Å². The van der Waals surface area contributed by atoms with Crippen LogP contribution in [-0.2, 0) is 6.54 Å². The molecule has 0 fully saturated rings. The van der Waals surface area contributed by atoms with Crippen molar-refractivity contribution >= 4 is 11.4 Å². The molecule has 0 saturated carbocycles.